The molecule has 0 aromatic heterocycles. The average Bonchev–Trinajstić information content (AvgIpc) is 2.94. The minimum absolute atomic E-state index is 0.127. The van der Waals surface area contributed by atoms with Crippen LogP contribution in [0.15, 0.2) is 23.1 Å². The van der Waals surface area contributed by atoms with Crippen molar-refractivity contribution >= 4 is 10.0 Å². The molecule has 1 aromatic rings. The van der Waals surface area contributed by atoms with Gasteiger partial charge in [0.05, 0.1) is 22.6 Å². The SMILES string of the molecule is COCC1(CNS(=O)(=O)c2ccc(F)cc2C(F)(F)F)CCCN1. The molecule has 1 aromatic carbocycles. The quantitative estimate of drug-likeness (QED) is 0.751. The Morgan fingerprint density at radius 2 is 2.08 bits per heavy atom. The van der Waals surface area contributed by atoms with Crippen molar-refractivity contribution in [1.82, 2.24) is 10.0 Å². The first-order valence-corrected chi connectivity index (χ1v) is 8.68. The van der Waals surface area contributed by atoms with Gasteiger partial charge < -0.3 is 10.1 Å². The number of rotatable bonds is 6. The summed E-state index contributed by atoms with van der Waals surface area (Å²) in [4.78, 5) is -0.998. The molecule has 1 saturated heterocycles. The largest absolute Gasteiger partial charge is 0.417 e. The minimum atomic E-state index is -4.98. The van der Waals surface area contributed by atoms with Crippen LogP contribution in [0.3, 0.4) is 0 Å². The first-order chi connectivity index (χ1) is 11.1. The fourth-order valence-corrected chi connectivity index (χ4v) is 4.07. The van der Waals surface area contributed by atoms with Gasteiger partial charge in [-0.3, -0.25) is 0 Å². The molecule has 10 heteroatoms. The molecule has 0 amide bonds. The smallest absolute Gasteiger partial charge is 0.383 e. The molecule has 0 saturated carbocycles. The van der Waals surface area contributed by atoms with E-state index in [0.29, 0.717) is 25.1 Å². The fourth-order valence-electron chi connectivity index (χ4n) is 2.74. The van der Waals surface area contributed by atoms with Crippen LogP contribution in [-0.2, 0) is 20.9 Å². The van der Waals surface area contributed by atoms with Crippen LogP contribution in [-0.4, -0.2) is 40.8 Å². The second-order valence-corrected chi connectivity index (χ2v) is 7.44. The number of nitrogens with one attached hydrogen (secondary N) is 2. The molecule has 2 rings (SSSR count). The third-order valence-electron chi connectivity index (χ3n) is 3.89. The lowest BCUT2D eigenvalue weighted by atomic mass is 9.99. The molecule has 0 bridgehead atoms. The van der Waals surface area contributed by atoms with Gasteiger partial charge in [-0.05, 0) is 37.6 Å². The Hall–Kier alpha value is -1.23. The van der Waals surface area contributed by atoms with E-state index >= 15 is 0 Å². The molecule has 1 unspecified atom stereocenters. The third kappa shape index (κ3) is 4.24. The molecule has 1 fully saturated rings. The highest BCUT2D eigenvalue weighted by Gasteiger charge is 2.39. The van der Waals surface area contributed by atoms with Gasteiger partial charge in [-0.2, -0.15) is 13.2 Å². The second-order valence-electron chi connectivity index (χ2n) is 5.71. The predicted octanol–water partition coefficient (Wildman–Crippen LogP) is 1.89. The first-order valence-electron chi connectivity index (χ1n) is 7.20. The molecule has 136 valence electrons. The maximum atomic E-state index is 13.1. The Morgan fingerprint density at radius 1 is 1.38 bits per heavy atom. The molecule has 0 radical (unpaired) electrons. The van der Waals surface area contributed by atoms with Crippen molar-refractivity contribution in [3.05, 3.63) is 29.6 Å². The van der Waals surface area contributed by atoms with Crippen LogP contribution in [0.4, 0.5) is 17.6 Å². The maximum Gasteiger partial charge on any atom is 0.417 e. The number of hydrogen-bond acceptors (Lipinski definition) is 4. The zero-order valence-electron chi connectivity index (χ0n) is 12.9. The molecule has 1 heterocycles. The Labute approximate surface area is 137 Å². The topological polar surface area (TPSA) is 67.4 Å². The van der Waals surface area contributed by atoms with Crippen LogP contribution in [0.5, 0.6) is 0 Å². The summed E-state index contributed by atoms with van der Waals surface area (Å²) in [5, 5.41) is 3.11. The van der Waals surface area contributed by atoms with Crippen molar-refractivity contribution in [3.63, 3.8) is 0 Å². The summed E-state index contributed by atoms with van der Waals surface area (Å²) in [6.45, 7) is 0.748. The van der Waals surface area contributed by atoms with Crippen molar-refractivity contribution in [2.24, 2.45) is 0 Å². The summed E-state index contributed by atoms with van der Waals surface area (Å²) >= 11 is 0. The van der Waals surface area contributed by atoms with Gasteiger partial charge in [0.1, 0.15) is 5.82 Å². The lowest BCUT2D eigenvalue weighted by Gasteiger charge is -2.29. The monoisotopic (exact) mass is 370 g/mol. The summed E-state index contributed by atoms with van der Waals surface area (Å²) in [6.07, 6.45) is -3.56. The lowest BCUT2D eigenvalue weighted by molar-refractivity contribution is -0.140. The third-order valence-corrected chi connectivity index (χ3v) is 5.35. The van der Waals surface area contributed by atoms with E-state index in [-0.39, 0.29) is 19.2 Å². The van der Waals surface area contributed by atoms with Gasteiger partial charge in [0.15, 0.2) is 0 Å². The van der Waals surface area contributed by atoms with Crippen molar-refractivity contribution < 1.29 is 30.7 Å². The highest BCUT2D eigenvalue weighted by Crippen LogP contribution is 2.34. The molecule has 0 aliphatic carbocycles. The van der Waals surface area contributed by atoms with Crippen LogP contribution in [0.25, 0.3) is 0 Å². The summed E-state index contributed by atoms with van der Waals surface area (Å²) in [5.74, 6) is -1.16. The van der Waals surface area contributed by atoms with Gasteiger partial charge >= 0.3 is 6.18 Å². The normalized spacial score (nSPS) is 22.0. The van der Waals surface area contributed by atoms with E-state index in [4.69, 9.17) is 4.74 Å². The van der Waals surface area contributed by atoms with Gasteiger partial charge in [0, 0.05) is 13.7 Å². The minimum Gasteiger partial charge on any atom is -0.383 e. The second kappa shape index (κ2) is 6.95. The number of methoxy groups -OCH3 is 1. The van der Waals surface area contributed by atoms with Crippen LogP contribution in [0, 0.1) is 5.82 Å². The molecular formula is C14H18F4N2O3S. The molecule has 1 aliphatic rings. The lowest BCUT2D eigenvalue weighted by Crippen LogP contribution is -2.53. The van der Waals surface area contributed by atoms with Gasteiger partial charge in [-0.25, -0.2) is 17.5 Å². The summed E-state index contributed by atoms with van der Waals surface area (Å²) in [7, 11) is -3.01. The molecule has 24 heavy (non-hydrogen) atoms. The van der Waals surface area contributed by atoms with E-state index in [2.05, 4.69) is 10.0 Å². The summed E-state index contributed by atoms with van der Waals surface area (Å²) in [5.41, 5.74) is -2.20. The highest BCUT2D eigenvalue weighted by atomic mass is 32.2. The van der Waals surface area contributed by atoms with Crippen LogP contribution < -0.4 is 10.0 Å². The number of alkyl halides is 3. The summed E-state index contributed by atoms with van der Waals surface area (Å²) < 4.78 is 84.0. The van der Waals surface area contributed by atoms with E-state index in [1.807, 2.05) is 0 Å². The number of ether oxygens (including phenoxy) is 1. The van der Waals surface area contributed by atoms with E-state index < -0.39 is 38.0 Å². The van der Waals surface area contributed by atoms with E-state index in [1.54, 1.807) is 0 Å². The van der Waals surface area contributed by atoms with Gasteiger partial charge in [-0.1, -0.05) is 0 Å². The Balaban J connectivity index is 2.28. The Bertz CT molecular complexity index is 686. The predicted molar refractivity (Wildman–Crippen MR) is 78.4 cm³/mol. The van der Waals surface area contributed by atoms with E-state index in [9.17, 15) is 26.0 Å². The van der Waals surface area contributed by atoms with Gasteiger partial charge in [0.25, 0.3) is 0 Å². The summed E-state index contributed by atoms with van der Waals surface area (Å²) in [6, 6.07) is 1.47. The number of benzene rings is 1. The van der Waals surface area contributed by atoms with Crippen LogP contribution >= 0.6 is 0 Å². The zero-order valence-corrected chi connectivity index (χ0v) is 13.7. The van der Waals surface area contributed by atoms with Crippen molar-refractivity contribution in [2.45, 2.75) is 29.5 Å². The van der Waals surface area contributed by atoms with Gasteiger partial charge in [-0.15, -0.1) is 0 Å². The maximum absolute atomic E-state index is 13.1. The van der Waals surface area contributed by atoms with Crippen molar-refractivity contribution in [3.8, 4) is 0 Å². The van der Waals surface area contributed by atoms with Crippen LogP contribution in [0.1, 0.15) is 18.4 Å². The molecule has 1 aliphatic heterocycles. The first kappa shape index (κ1) is 19.1. The zero-order chi connectivity index (χ0) is 18.0. The number of sulfonamides is 1. The highest BCUT2D eigenvalue weighted by molar-refractivity contribution is 7.89. The fraction of sp³-hybridized carbons (Fsp3) is 0.571. The molecule has 5 nitrogen and oxygen atoms in total. The Morgan fingerprint density at radius 3 is 2.62 bits per heavy atom. The molecule has 2 N–H and O–H groups in total. The average molecular weight is 370 g/mol. The van der Waals surface area contributed by atoms with Crippen LogP contribution in [0.2, 0.25) is 0 Å². The number of hydrogen-bond donors (Lipinski definition) is 2. The Kier molecular flexibility index (Phi) is 5.53. The van der Waals surface area contributed by atoms with Crippen molar-refractivity contribution in [2.75, 3.05) is 26.8 Å². The van der Waals surface area contributed by atoms with Gasteiger partial charge in [0.2, 0.25) is 10.0 Å². The standard InChI is InChI=1S/C14H18F4N2O3S/c1-23-9-13(5-2-6-19-13)8-20-24(21,22)12-4-3-10(15)7-11(12)14(16,17)18/h3-4,7,19-20H,2,5-6,8-9H2,1H3. The molecular weight excluding hydrogens is 352 g/mol. The molecule has 1 atom stereocenters. The van der Waals surface area contributed by atoms with E-state index in [0.717, 1.165) is 6.42 Å². The molecule has 0 spiro atoms. The van der Waals surface area contributed by atoms with Crippen molar-refractivity contribution in [1.29, 1.82) is 0 Å². The van der Waals surface area contributed by atoms with E-state index in [1.165, 1.54) is 7.11 Å². The number of halogens is 4.